The highest BCUT2D eigenvalue weighted by Gasteiger charge is 2.33. The molecule has 3 unspecified atom stereocenters. The first-order valence-electron chi connectivity index (χ1n) is 7.69. The van der Waals surface area contributed by atoms with Crippen molar-refractivity contribution < 1.29 is 0 Å². The Labute approximate surface area is 138 Å². The normalized spacial score (nSPS) is 30.4. The fourth-order valence-electron chi connectivity index (χ4n) is 3.70. The van der Waals surface area contributed by atoms with Crippen molar-refractivity contribution in [1.82, 2.24) is 5.32 Å². The molecule has 1 saturated carbocycles. The van der Waals surface area contributed by atoms with Crippen LogP contribution in [0, 0.1) is 5.92 Å². The third kappa shape index (κ3) is 3.40. The first-order valence-corrected chi connectivity index (χ1v) is 9.27. The fourth-order valence-corrected chi connectivity index (χ4v) is 4.87. The topological polar surface area (TPSA) is 24.1 Å². The van der Waals surface area contributed by atoms with Gasteiger partial charge in [0.05, 0.1) is 0 Å². The van der Waals surface area contributed by atoms with Crippen LogP contribution >= 0.6 is 31.9 Å². The van der Waals surface area contributed by atoms with E-state index >= 15 is 0 Å². The molecule has 1 aromatic carbocycles. The molecule has 2 aliphatic rings. The molecule has 2 nitrogen and oxygen atoms in total. The summed E-state index contributed by atoms with van der Waals surface area (Å²) in [7, 11) is 0. The zero-order valence-electron chi connectivity index (χ0n) is 11.7. The molecule has 0 bridgehead atoms. The Morgan fingerprint density at radius 2 is 1.90 bits per heavy atom. The predicted molar refractivity (Wildman–Crippen MR) is 92.2 cm³/mol. The summed E-state index contributed by atoms with van der Waals surface area (Å²) in [6, 6.07) is 7.73. The van der Waals surface area contributed by atoms with Crippen molar-refractivity contribution in [1.29, 1.82) is 0 Å². The summed E-state index contributed by atoms with van der Waals surface area (Å²) in [6.45, 7) is 1.20. The SMILES string of the molecule is Brc1ccc(NC2CCCCC2C2CCCN2)c(Br)c1. The van der Waals surface area contributed by atoms with Crippen LogP contribution in [0.15, 0.2) is 27.1 Å². The maximum absolute atomic E-state index is 3.80. The Bertz CT molecular complexity index is 458. The molecule has 0 aromatic heterocycles. The average Bonchev–Trinajstić information content (AvgIpc) is 2.96. The molecule has 110 valence electrons. The summed E-state index contributed by atoms with van der Waals surface area (Å²) in [5.41, 5.74) is 1.23. The van der Waals surface area contributed by atoms with Crippen LogP contribution < -0.4 is 10.6 Å². The molecule has 1 aromatic rings. The van der Waals surface area contributed by atoms with Crippen LogP contribution in [-0.2, 0) is 0 Å². The molecular formula is C16H22Br2N2. The van der Waals surface area contributed by atoms with Crippen molar-refractivity contribution in [2.24, 2.45) is 5.92 Å². The number of rotatable bonds is 3. The molecule has 0 amide bonds. The van der Waals surface area contributed by atoms with Gasteiger partial charge in [0.25, 0.3) is 0 Å². The minimum absolute atomic E-state index is 0.608. The van der Waals surface area contributed by atoms with Crippen LogP contribution in [0.3, 0.4) is 0 Å². The third-order valence-electron chi connectivity index (χ3n) is 4.71. The van der Waals surface area contributed by atoms with Gasteiger partial charge in [-0.05, 0) is 72.3 Å². The largest absolute Gasteiger partial charge is 0.381 e. The molecule has 2 fully saturated rings. The predicted octanol–water partition coefficient (Wildman–Crippen LogP) is 4.93. The van der Waals surface area contributed by atoms with Gasteiger partial charge in [0.1, 0.15) is 0 Å². The highest BCUT2D eigenvalue weighted by molar-refractivity contribution is 9.11. The van der Waals surface area contributed by atoms with E-state index in [1.807, 2.05) is 0 Å². The number of halogens is 2. The average molecular weight is 402 g/mol. The molecule has 2 N–H and O–H groups in total. The Kier molecular flexibility index (Phi) is 5.05. The van der Waals surface area contributed by atoms with Crippen LogP contribution in [-0.4, -0.2) is 18.6 Å². The standard InChI is InChI=1S/C16H22Br2N2/c17-11-7-8-16(13(18)10-11)20-15-5-2-1-4-12(15)14-6-3-9-19-14/h7-8,10,12,14-15,19-20H,1-6,9H2. The molecule has 1 aliphatic heterocycles. The smallest absolute Gasteiger partial charge is 0.0487 e. The minimum atomic E-state index is 0.608. The summed E-state index contributed by atoms with van der Waals surface area (Å²) in [4.78, 5) is 0. The maximum atomic E-state index is 3.80. The van der Waals surface area contributed by atoms with Gasteiger partial charge >= 0.3 is 0 Å². The molecule has 4 heteroatoms. The van der Waals surface area contributed by atoms with E-state index in [0.29, 0.717) is 6.04 Å². The molecule has 0 radical (unpaired) electrons. The van der Waals surface area contributed by atoms with Gasteiger partial charge in [-0.3, -0.25) is 0 Å². The highest BCUT2D eigenvalue weighted by Crippen LogP contribution is 2.34. The summed E-state index contributed by atoms with van der Waals surface area (Å²) in [6.07, 6.45) is 8.10. The van der Waals surface area contributed by atoms with Gasteiger partial charge in [0.2, 0.25) is 0 Å². The zero-order valence-corrected chi connectivity index (χ0v) is 14.8. The summed E-state index contributed by atoms with van der Waals surface area (Å²) in [5, 5.41) is 7.50. The highest BCUT2D eigenvalue weighted by atomic mass is 79.9. The summed E-state index contributed by atoms with van der Waals surface area (Å²) >= 11 is 7.19. The van der Waals surface area contributed by atoms with Gasteiger partial charge < -0.3 is 10.6 Å². The molecular weight excluding hydrogens is 380 g/mol. The van der Waals surface area contributed by atoms with Crippen LogP contribution in [0.1, 0.15) is 38.5 Å². The molecule has 1 heterocycles. The maximum Gasteiger partial charge on any atom is 0.0487 e. The van der Waals surface area contributed by atoms with E-state index in [1.54, 1.807) is 0 Å². The first kappa shape index (κ1) is 14.9. The Morgan fingerprint density at radius 1 is 1.05 bits per heavy atom. The lowest BCUT2D eigenvalue weighted by molar-refractivity contribution is 0.262. The van der Waals surface area contributed by atoms with E-state index in [2.05, 4.69) is 60.7 Å². The lowest BCUT2D eigenvalue weighted by atomic mass is 9.79. The Morgan fingerprint density at radius 3 is 2.65 bits per heavy atom. The van der Waals surface area contributed by atoms with Gasteiger partial charge in [0.15, 0.2) is 0 Å². The van der Waals surface area contributed by atoms with Crippen molar-refractivity contribution in [3.8, 4) is 0 Å². The van der Waals surface area contributed by atoms with Crippen molar-refractivity contribution in [3.05, 3.63) is 27.1 Å². The monoisotopic (exact) mass is 400 g/mol. The lowest BCUT2D eigenvalue weighted by Crippen LogP contribution is -2.43. The van der Waals surface area contributed by atoms with Crippen LogP contribution in [0.25, 0.3) is 0 Å². The van der Waals surface area contributed by atoms with E-state index in [9.17, 15) is 0 Å². The van der Waals surface area contributed by atoms with E-state index < -0.39 is 0 Å². The number of hydrogen-bond donors (Lipinski definition) is 2. The van der Waals surface area contributed by atoms with Crippen LogP contribution in [0.4, 0.5) is 5.69 Å². The second-order valence-electron chi connectivity index (χ2n) is 6.03. The Balaban J connectivity index is 1.72. The van der Waals surface area contributed by atoms with Gasteiger partial charge in [0, 0.05) is 26.7 Å². The Hall–Kier alpha value is -0.0600. The molecule has 20 heavy (non-hydrogen) atoms. The van der Waals surface area contributed by atoms with Crippen LogP contribution in [0.2, 0.25) is 0 Å². The van der Waals surface area contributed by atoms with E-state index in [0.717, 1.165) is 20.9 Å². The molecule has 3 atom stereocenters. The molecule has 1 saturated heterocycles. The number of hydrogen-bond acceptors (Lipinski definition) is 2. The number of nitrogens with one attached hydrogen (secondary N) is 2. The number of benzene rings is 1. The number of anilines is 1. The van der Waals surface area contributed by atoms with Crippen molar-refractivity contribution >= 4 is 37.5 Å². The van der Waals surface area contributed by atoms with Gasteiger partial charge in [-0.15, -0.1) is 0 Å². The summed E-state index contributed by atoms with van der Waals surface area (Å²) in [5.74, 6) is 0.779. The first-order chi connectivity index (χ1) is 9.74. The van der Waals surface area contributed by atoms with Crippen molar-refractivity contribution in [3.63, 3.8) is 0 Å². The van der Waals surface area contributed by atoms with Crippen LogP contribution in [0.5, 0.6) is 0 Å². The van der Waals surface area contributed by atoms with Gasteiger partial charge in [-0.1, -0.05) is 28.8 Å². The lowest BCUT2D eigenvalue weighted by Gasteiger charge is -2.37. The second kappa shape index (κ2) is 6.80. The summed E-state index contributed by atoms with van der Waals surface area (Å²) < 4.78 is 2.27. The van der Waals surface area contributed by atoms with E-state index in [-0.39, 0.29) is 0 Å². The van der Waals surface area contributed by atoms with Gasteiger partial charge in [-0.2, -0.15) is 0 Å². The zero-order chi connectivity index (χ0) is 13.9. The molecule has 1 aliphatic carbocycles. The molecule has 3 rings (SSSR count). The third-order valence-corrected chi connectivity index (χ3v) is 5.86. The van der Waals surface area contributed by atoms with Crippen molar-refractivity contribution in [2.45, 2.75) is 50.6 Å². The van der Waals surface area contributed by atoms with Crippen molar-refractivity contribution in [2.75, 3.05) is 11.9 Å². The molecule has 0 spiro atoms. The van der Waals surface area contributed by atoms with E-state index in [4.69, 9.17) is 0 Å². The quantitative estimate of drug-likeness (QED) is 0.749. The van der Waals surface area contributed by atoms with Gasteiger partial charge in [-0.25, -0.2) is 0 Å². The fraction of sp³-hybridized carbons (Fsp3) is 0.625. The van der Waals surface area contributed by atoms with E-state index in [1.165, 1.54) is 50.8 Å². The minimum Gasteiger partial charge on any atom is -0.381 e. The second-order valence-corrected chi connectivity index (χ2v) is 7.80.